The maximum Gasteiger partial charge on any atom is 0.460 e. The molecular formula is C26H27F7N2O4. The van der Waals surface area contributed by atoms with Crippen LogP contribution in [0.2, 0.25) is 0 Å². The third-order valence-corrected chi connectivity index (χ3v) is 7.09. The summed E-state index contributed by atoms with van der Waals surface area (Å²) in [6.45, 7) is 0.666. The van der Waals surface area contributed by atoms with E-state index in [9.17, 15) is 35.5 Å². The van der Waals surface area contributed by atoms with Crippen LogP contribution in [0.5, 0.6) is 11.5 Å². The molecule has 2 bridgehead atoms. The Morgan fingerprint density at radius 3 is 2.05 bits per heavy atom. The first-order valence-electron chi connectivity index (χ1n) is 12.0. The Bertz CT molecular complexity index is 1170. The number of rotatable bonds is 10. The van der Waals surface area contributed by atoms with Crippen molar-refractivity contribution in [3.8, 4) is 11.5 Å². The van der Waals surface area contributed by atoms with Gasteiger partial charge in [0.1, 0.15) is 11.5 Å². The smallest absolute Gasteiger partial charge is 0.460 e. The van der Waals surface area contributed by atoms with Crippen LogP contribution in [0.1, 0.15) is 27.9 Å². The SMILES string of the molecule is COC(=O)c1ccc(CN2C[C@@H]3C[C@H]2CN3Cc2ccc(OCC(F)(F)C(F)(F)C(F)(F)F)cc2)c(OC)c1. The first-order chi connectivity index (χ1) is 18.3. The standard InChI is InChI=1S/C26H27F7N2O4/c1-37-22-9-17(23(36)38-2)5-6-18(22)12-35-14-19-10-20(35)13-34(19)11-16-3-7-21(8-4-16)39-15-24(27,28)25(29,30)26(31,32)33/h3-9,19-20H,10-15H2,1-2H3/t19-,20-/m0/s1. The predicted molar refractivity (Wildman–Crippen MR) is 125 cm³/mol. The molecule has 2 atom stereocenters. The highest BCUT2D eigenvalue weighted by atomic mass is 19.4. The second-order valence-corrected chi connectivity index (χ2v) is 9.63. The number of methoxy groups -OCH3 is 2. The van der Waals surface area contributed by atoms with Gasteiger partial charge >= 0.3 is 24.0 Å². The van der Waals surface area contributed by atoms with Crippen molar-refractivity contribution in [2.24, 2.45) is 0 Å². The van der Waals surface area contributed by atoms with Crippen LogP contribution in [-0.4, -0.2) is 79.8 Å². The van der Waals surface area contributed by atoms with E-state index in [4.69, 9.17) is 9.47 Å². The molecule has 2 fully saturated rings. The van der Waals surface area contributed by atoms with Crippen LogP contribution in [0.4, 0.5) is 30.7 Å². The molecule has 2 aromatic carbocycles. The zero-order chi connectivity index (χ0) is 28.6. The van der Waals surface area contributed by atoms with Gasteiger partial charge in [0, 0.05) is 43.8 Å². The topological polar surface area (TPSA) is 51.2 Å². The number of hydrogen-bond donors (Lipinski definition) is 0. The minimum atomic E-state index is -6.39. The molecule has 0 aliphatic carbocycles. The van der Waals surface area contributed by atoms with E-state index in [2.05, 4.69) is 14.5 Å². The van der Waals surface area contributed by atoms with Gasteiger partial charge in [-0.25, -0.2) is 4.79 Å². The number of esters is 1. The lowest BCUT2D eigenvalue weighted by Gasteiger charge is -2.34. The fourth-order valence-corrected chi connectivity index (χ4v) is 4.96. The molecule has 2 heterocycles. The molecule has 0 N–H and O–H groups in total. The number of likely N-dealkylation sites (tertiary alicyclic amines) is 2. The van der Waals surface area contributed by atoms with Crippen molar-refractivity contribution in [2.75, 3.05) is 33.9 Å². The molecule has 0 aromatic heterocycles. The van der Waals surface area contributed by atoms with E-state index in [0.717, 1.165) is 30.6 Å². The lowest BCUT2D eigenvalue weighted by atomic mass is 10.1. The van der Waals surface area contributed by atoms with E-state index in [1.54, 1.807) is 24.3 Å². The third-order valence-electron chi connectivity index (χ3n) is 7.09. The predicted octanol–water partition coefficient (Wildman–Crippen LogP) is 5.15. The van der Waals surface area contributed by atoms with Gasteiger partial charge in [-0.2, -0.15) is 30.7 Å². The summed E-state index contributed by atoms with van der Waals surface area (Å²) in [6, 6.07) is 11.4. The zero-order valence-electron chi connectivity index (χ0n) is 21.1. The van der Waals surface area contributed by atoms with Crippen molar-refractivity contribution in [1.29, 1.82) is 0 Å². The Labute approximate surface area is 220 Å². The molecule has 0 amide bonds. The first kappa shape index (κ1) is 28.9. The molecule has 2 aromatic rings. The number of alkyl halides is 7. The van der Waals surface area contributed by atoms with Crippen molar-refractivity contribution in [3.63, 3.8) is 0 Å². The average molecular weight is 564 g/mol. The van der Waals surface area contributed by atoms with E-state index in [-0.39, 0.29) is 11.8 Å². The normalized spacial score (nSPS) is 20.3. The molecule has 0 radical (unpaired) electrons. The van der Waals surface area contributed by atoms with E-state index < -0.39 is 30.6 Å². The number of carbonyl (C=O) groups excluding carboxylic acids is 1. The van der Waals surface area contributed by atoms with Crippen molar-refractivity contribution in [3.05, 3.63) is 59.2 Å². The molecule has 0 unspecified atom stereocenters. The number of fused-ring (bicyclic) bond motifs is 2. The van der Waals surface area contributed by atoms with Gasteiger partial charge in [0.05, 0.1) is 19.8 Å². The summed E-state index contributed by atoms with van der Waals surface area (Å²) in [7, 11) is 2.85. The summed E-state index contributed by atoms with van der Waals surface area (Å²) in [6.07, 6.45) is -5.44. The quantitative estimate of drug-likeness (QED) is 0.294. The molecule has 4 rings (SSSR count). The van der Waals surface area contributed by atoms with Crippen LogP contribution in [0.3, 0.4) is 0 Å². The monoisotopic (exact) mass is 564 g/mol. The van der Waals surface area contributed by atoms with Gasteiger partial charge in [-0.05, 0) is 36.2 Å². The second-order valence-electron chi connectivity index (χ2n) is 9.63. The fraction of sp³-hybridized carbons (Fsp3) is 0.500. The molecule has 0 spiro atoms. The summed E-state index contributed by atoms with van der Waals surface area (Å²) in [5, 5.41) is 0. The fourth-order valence-electron chi connectivity index (χ4n) is 4.96. The van der Waals surface area contributed by atoms with Crippen molar-refractivity contribution >= 4 is 5.97 Å². The first-order valence-corrected chi connectivity index (χ1v) is 12.0. The minimum absolute atomic E-state index is 0.238. The molecular weight excluding hydrogens is 537 g/mol. The molecule has 6 nitrogen and oxygen atoms in total. The van der Waals surface area contributed by atoms with Gasteiger partial charge in [0.25, 0.3) is 0 Å². The second kappa shape index (κ2) is 10.8. The Balaban J connectivity index is 1.30. The summed E-state index contributed by atoms with van der Waals surface area (Å²) in [4.78, 5) is 16.4. The Morgan fingerprint density at radius 1 is 0.897 bits per heavy atom. The van der Waals surface area contributed by atoms with Gasteiger partial charge in [-0.15, -0.1) is 0 Å². The summed E-state index contributed by atoms with van der Waals surface area (Å²) >= 11 is 0. The summed E-state index contributed by atoms with van der Waals surface area (Å²) in [5.74, 6) is -11.7. The van der Waals surface area contributed by atoms with Crippen LogP contribution in [-0.2, 0) is 17.8 Å². The van der Waals surface area contributed by atoms with Crippen LogP contribution >= 0.6 is 0 Å². The van der Waals surface area contributed by atoms with Crippen molar-refractivity contribution in [2.45, 2.75) is 49.6 Å². The van der Waals surface area contributed by atoms with Crippen LogP contribution in [0, 0.1) is 0 Å². The summed E-state index contributed by atoms with van der Waals surface area (Å²) < 4.78 is 105. The van der Waals surface area contributed by atoms with Crippen LogP contribution < -0.4 is 9.47 Å². The Hall–Kier alpha value is -3.06. The lowest BCUT2D eigenvalue weighted by molar-refractivity contribution is -0.358. The average Bonchev–Trinajstić information content (AvgIpc) is 3.47. The largest absolute Gasteiger partial charge is 0.496 e. The number of halogens is 7. The minimum Gasteiger partial charge on any atom is -0.496 e. The van der Waals surface area contributed by atoms with E-state index in [1.807, 2.05) is 6.07 Å². The number of piperazine rings is 1. The molecule has 2 aliphatic heterocycles. The van der Waals surface area contributed by atoms with Gasteiger partial charge in [0.2, 0.25) is 0 Å². The van der Waals surface area contributed by atoms with E-state index in [1.165, 1.54) is 26.4 Å². The lowest BCUT2D eigenvalue weighted by Crippen LogP contribution is -2.54. The van der Waals surface area contributed by atoms with Gasteiger partial charge in [0.15, 0.2) is 6.61 Å². The Kier molecular flexibility index (Phi) is 8.04. The van der Waals surface area contributed by atoms with Gasteiger partial charge in [-0.1, -0.05) is 18.2 Å². The third kappa shape index (κ3) is 5.93. The maximum atomic E-state index is 13.5. The van der Waals surface area contributed by atoms with Crippen LogP contribution in [0.25, 0.3) is 0 Å². The maximum absolute atomic E-state index is 13.5. The number of ether oxygens (including phenoxy) is 3. The number of benzene rings is 2. The molecule has 214 valence electrons. The highest BCUT2D eigenvalue weighted by Crippen LogP contribution is 2.46. The number of carbonyl (C=O) groups is 1. The zero-order valence-corrected chi connectivity index (χ0v) is 21.1. The molecule has 13 heteroatoms. The summed E-state index contributed by atoms with van der Waals surface area (Å²) in [5.41, 5.74) is 2.16. The van der Waals surface area contributed by atoms with Crippen molar-refractivity contribution < 1.29 is 49.7 Å². The number of nitrogens with zero attached hydrogens (tertiary/aromatic N) is 2. The molecule has 2 aliphatic rings. The van der Waals surface area contributed by atoms with E-state index >= 15 is 0 Å². The van der Waals surface area contributed by atoms with Gasteiger partial charge in [-0.3, -0.25) is 9.80 Å². The highest BCUT2D eigenvalue weighted by Gasteiger charge is 2.73. The Morgan fingerprint density at radius 2 is 1.51 bits per heavy atom. The van der Waals surface area contributed by atoms with Crippen molar-refractivity contribution in [1.82, 2.24) is 9.80 Å². The molecule has 39 heavy (non-hydrogen) atoms. The van der Waals surface area contributed by atoms with Gasteiger partial charge < -0.3 is 14.2 Å². The van der Waals surface area contributed by atoms with E-state index in [0.29, 0.717) is 30.4 Å². The van der Waals surface area contributed by atoms with Crippen LogP contribution in [0.15, 0.2) is 42.5 Å². The highest BCUT2D eigenvalue weighted by molar-refractivity contribution is 5.89. The molecule has 2 saturated heterocycles. The molecule has 0 saturated carbocycles. The number of hydrogen-bond acceptors (Lipinski definition) is 6.